The number of para-hydroxylation sites is 1. The van der Waals surface area contributed by atoms with E-state index in [4.69, 9.17) is 6.42 Å². The molecular formula is C23H15FN2OS. The van der Waals surface area contributed by atoms with Crippen LogP contribution in [0, 0.1) is 18.2 Å². The van der Waals surface area contributed by atoms with Gasteiger partial charge >= 0.3 is 0 Å². The fourth-order valence-electron chi connectivity index (χ4n) is 3.00. The summed E-state index contributed by atoms with van der Waals surface area (Å²) in [7, 11) is 0. The Kier molecular flexibility index (Phi) is 4.88. The molecule has 0 aliphatic heterocycles. The van der Waals surface area contributed by atoms with Gasteiger partial charge in [-0.25, -0.2) is 4.39 Å². The van der Waals surface area contributed by atoms with Gasteiger partial charge in [-0.1, -0.05) is 65.8 Å². The number of nitrogens with zero attached hydrogens (tertiary/aromatic N) is 2. The summed E-state index contributed by atoms with van der Waals surface area (Å²) < 4.78 is 16.5. The first-order valence-corrected chi connectivity index (χ1v) is 9.45. The van der Waals surface area contributed by atoms with Crippen LogP contribution in [0.25, 0.3) is 21.3 Å². The van der Waals surface area contributed by atoms with Crippen molar-refractivity contribution >= 4 is 27.5 Å². The van der Waals surface area contributed by atoms with Gasteiger partial charge in [0.1, 0.15) is 5.82 Å². The van der Waals surface area contributed by atoms with Crippen LogP contribution in [0.4, 0.5) is 4.39 Å². The molecule has 0 atom stereocenters. The van der Waals surface area contributed by atoms with Crippen LogP contribution in [0.2, 0.25) is 0 Å². The van der Waals surface area contributed by atoms with Crippen molar-refractivity contribution in [3.8, 4) is 23.5 Å². The van der Waals surface area contributed by atoms with Gasteiger partial charge in [-0.3, -0.25) is 4.79 Å². The van der Waals surface area contributed by atoms with Crippen molar-refractivity contribution in [3.05, 3.63) is 89.0 Å². The molecule has 28 heavy (non-hydrogen) atoms. The highest BCUT2D eigenvalue weighted by atomic mass is 32.1. The van der Waals surface area contributed by atoms with Crippen molar-refractivity contribution < 1.29 is 9.18 Å². The number of carbonyl (C=O) groups excluding carboxylic acids is 1. The number of halogens is 1. The SMILES string of the molecule is C#CCn1c(=NC(=O)c2ccc(-c3ccccc3)cc2)sc2cccc(F)c21. The Morgan fingerprint density at radius 2 is 1.71 bits per heavy atom. The molecule has 4 aromatic rings. The van der Waals surface area contributed by atoms with Gasteiger partial charge < -0.3 is 4.57 Å². The number of hydrogen-bond donors (Lipinski definition) is 0. The Morgan fingerprint density at radius 1 is 1.00 bits per heavy atom. The largest absolute Gasteiger partial charge is 0.302 e. The minimum atomic E-state index is -0.391. The number of rotatable bonds is 3. The lowest BCUT2D eigenvalue weighted by atomic mass is 10.0. The van der Waals surface area contributed by atoms with E-state index in [1.54, 1.807) is 28.8 Å². The van der Waals surface area contributed by atoms with Gasteiger partial charge in [0.2, 0.25) is 0 Å². The average Bonchev–Trinajstić information content (AvgIpc) is 3.07. The highest BCUT2D eigenvalue weighted by molar-refractivity contribution is 7.16. The molecule has 0 aliphatic rings. The van der Waals surface area contributed by atoms with E-state index in [2.05, 4.69) is 10.9 Å². The molecule has 0 N–H and O–H groups in total. The maximum atomic E-state index is 14.2. The van der Waals surface area contributed by atoms with Gasteiger partial charge in [0.25, 0.3) is 5.91 Å². The fourth-order valence-corrected chi connectivity index (χ4v) is 4.04. The number of fused-ring (bicyclic) bond motifs is 1. The van der Waals surface area contributed by atoms with E-state index >= 15 is 0 Å². The maximum Gasteiger partial charge on any atom is 0.279 e. The number of thiazole rings is 1. The Bertz CT molecular complexity index is 1260. The number of amides is 1. The Labute approximate surface area is 165 Å². The molecule has 0 aliphatic carbocycles. The molecule has 0 bridgehead atoms. The zero-order valence-electron chi connectivity index (χ0n) is 14.8. The molecule has 0 saturated heterocycles. The minimum Gasteiger partial charge on any atom is -0.302 e. The van der Waals surface area contributed by atoms with Crippen LogP contribution >= 0.6 is 11.3 Å². The third kappa shape index (κ3) is 3.38. The van der Waals surface area contributed by atoms with Crippen LogP contribution in [-0.4, -0.2) is 10.5 Å². The van der Waals surface area contributed by atoms with Crippen LogP contribution in [0.1, 0.15) is 10.4 Å². The van der Waals surface area contributed by atoms with Crippen LogP contribution in [0.5, 0.6) is 0 Å². The van der Waals surface area contributed by atoms with Crippen LogP contribution < -0.4 is 4.80 Å². The molecule has 4 rings (SSSR count). The molecule has 5 heteroatoms. The lowest BCUT2D eigenvalue weighted by Crippen LogP contribution is -2.17. The maximum absolute atomic E-state index is 14.2. The first-order valence-electron chi connectivity index (χ1n) is 8.63. The van der Waals surface area contributed by atoms with Gasteiger partial charge in [-0.15, -0.1) is 6.42 Å². The van der Waals surface area contributed by atoms with E-state index in [-0.39, 0.29) is 12.4 Å². The van der Waals surface area contributed by atoms with Crippen molar-refractivity contribution in [2.75, 3.05) is 0 Å². The number of benzene rings is 3. The Morgan fingerprint density at radius 3 is 2.43 bits per heavy atom. The first kappa shape index (κ1) is 17.9. The topological polar surface area (TPSA) is 34.4 Å². The molecule has 0 radical (unpaired) electrons. The van der Waals surface area contributed by atoms with Crippen LogP contribution in [0.15, 0.2) is 77.8 Å². The van der Waals surface area contributed by atoms with Crippen molar-refractivity contribution in [2.45, 2.75) is 6.54 Å². The standard InChI is InChI=1S/C23H15FN2OS/c1-2-15-26-21-19(24)9-6-10-20(21)28-23(26)25-22(27)18-13-11-17(12-14-18)16-7-4-3-5-8-16/h1,3-14H,15H2. The van der Waals surface area contributed by atoms with E-state index in [1.165, 1.54) is 17.4 Å². The molecule has 136 valence electrons. The van der Waals surface area contributed by atoms with Gasteiger partial charge in [-0.2, -0.15) is 4.99 Å². The lowest BCUT2D eigenvalue weighted by Gasteiger charge is -2.03. The van der Waals surface area contributed by atoms with Crippen molar-refractivity contribution in [1.29, 1.82) is 0 Å². The molecular weight excluding hydrogens is 371 g/mol. The molecule has 1 heterocycles. The Balaban J connectivity index is 1.73. The van der Waals surface area contributed by atoms with Crippen molar-refractivity contribution in [3.63, 3.8) is 0 Å². The Hall–Kier alpha value is -3.49. The summed E-state index contributed by atoms with van der Waals surface area (Å²) >= 11 is 1.24. The molecule has 1 amide bonds. The van der Waals surface area contributed by atoms with Crippen LogP contribution in [0.3, 0.4) is 0 Å². The highest BCUT2D eigenvalue weighted by Gasteiger charge is 2.12. The first-order chi connectivity index (χ1) is 13.7. The summed E-state index contributed by atoms with van der Waals surface area (Å²) in [6.07, 6.45) is 5.43. The molecule has 1 aromatic heterocycles. The number of hydrogen-bond acceptors (Lipinski definition) is 2. The predicted molar refractivity (Wildman–Crippen MR) is 110 cm³/mol. The van der Waals surface area contributed by atoms with Gasteiger partial charge in [-0.05, 0) is 35.4 Å². The zero-order valence-corrected chi connectivity index (χ0v) is 15.6. The van der Waals surface area contributed by atoms with Gasteiger partial charge in [0, 0.05) is 5.56 Å². The second-order valence-corrected chi connectivity index (χ2v) is 7.13. The molecule has 0 fully saturated rings. The average molecular weight is 386 g/mol. The van der Waals surface area contributed by atoms with E-state index in [0.717, 1.165) is 11.1 Å². The van der Waals surface area contributed by atoms with Crippen molar-refractivity contribution in [1.82, 2.24) is 4.57 Å². The molecule has 3 aromatic carbocycles. The summed E-state index contributed by atoms with van der Waals surface area (Å²) in [4.78, 5) is 17.3. The van der Waals surface area contributed by atoms with Gasteiger partial charge in [0.15, 0.2) is 4.80 Å². The second kappa shape index (κ2) is 7.63. The molecule has 0 unspecified atom stereocenters. The molecule has 0 saturated carbocycles. The van der Waals surface area contributed by atoms with E-state index in [1.807, 2.05) is 42.5 Å². The van der Waals surface area contributed by atoms with Gasteiger partial charge in [0.05, 0.1) is 16.8 Å². The molecule has 0 spiro atoms. The number of aromatic nitrogens is 1. The lowest BCUT2D eigenvalue weighted by molar-refractivity contribution is 0.0998. The third-order valence-electron chi connectivity index (χ3n) is 4.34. The van der Waals surface area contributed by atoms with Crippen molar-refractivity contribution in [2.24, 2.45) is 4.99 Å². The summed E-state index contributed by atoms with van der Waals surface area (Å²) in [6.45, 7) is 0.139. The predicted octanol–water partition coefficient (Wildman–Crippen LogP) is 4.88. The fraction of sp³-hybridized carbons (Fsp3) is 0.0435. The number of carbonyl (C=O) groups is 1. The summed E-state index contributed by atoms with van der Waals surface area (Å²) in [5.41, 5.74) is 2.93. The number of terminal acetylenes is 1. The monoisotopic (exact) mass is 386 g/mol. The zero-order chi connectivity index (χ0) is 19.5. The van der Waals surface area contributed by atoms with Crippen LogP contribution in [-0.2, 0) is 6.54 Å². The highest BCUT2D eigenvalue weighted by Crippen LogP contribution is 2.21. The normalized spacial score (nSPS) is 11.5. The van der Waals surface area contributed by atoms with E-state index in [0.29, 0.717) is 20.6 Å². The quantitative estimate of drug-likeness (QED) is 0.462. The molecule has 3 nitrogen and oxygen atoms in total. The summed E-state index contributed by atoms with van der Waals surface area (Å²) in [5, 5.41) is 0. The van der Waals surface area contributed by atoms with E-state index in [9.17, 15) is 9.18 Å². The minimum absolute atomic E-state index is 0.139. The summed E-state index contributed by atoms with van der Waals surface area (Å²) in [6, 6.07) is 22.0. The smallest absolute Gasteiger partial charge is 0.279 e. The third-order valence-corrected chi connectivity index (χ3v) is 5.38. The summed E-state index contributed by atoms with van der Waals surface area (Å²) in [5.74, 6) is 1.72. The second-order valence-electron chi connectivity index (χ2n) is 6.12. The van der Waals surface area contributed by atoms with E-state index < -0.39 is 5.91 Å².